The van der Waals surface area contributed by atoms with Crippen molar-refractivity contribution in [3.63, 3.8) is 0 Å². The Hall–Kier alpha value is -0.650. The number of nitrogens with one attached hydrogen (secondary N) is 1. The molecule has 2 N–H and O–H groups in total. The zero-order valence-electron chi connectivity index (χ0n) is 9.35. The van der Waals surface area contributed by atoms with Crippen LogP contribution in [0.5, 0.6) is 5.75 Å². The van der Waals surface area contributed by atoms with Crippen molar-refractivity contribution < 1.29 is 5.11 Å². The summed E-state index contributed by atoms with van der Waals surface area (Å²) in [6.07, 6.45) is 0. The van der Waals surface area contributed by atoms with Gasteiger partial charge in [-0.05, 0) is 6.07 Å². The minimum atomic E-state index is -0.313. The third kappa shape index (κ3) is 1.86. The summed E-state index contributed by atoms with van der Waals surface area (Å²) in [6, 6.07) is 7.56. The summed E-state index contributed by atoms with van der Waals surface area (Å²) in [5, 5.41) is 14.7. The molecule has 1 aromatic rings. The molecule has 1 unspecified atom stereocenters. The van der Waals surface area contributed by atoms with Crippen LogP contribution in [0.2, 0.25) is 0 Å². The van der Waals surface area contributed by atoms with E-state index in [-0.39, 0.29) is 4.87 Å². The topological polar surface area (TPSA) is 44.6 Å². The highest BCUT2D eigenvalue weighted by Gasteiger charge is 2.44. The van der Waals surface area contributed by atoms with Crippen molar-refractivity contribution in [3.8, 4) is 5.75 Å². The molecule has 2 aliphatic heterocycles. The molecule has 90 valence electrons. The van der Waals surface area contributed by atoms with E-state index in [1.165, 1.54) is 0 Å². The van der Waals surface area contributed by atoms with E-state index in [4.69, 9.17) is 0 Å². The molecule has 3 nitrogen and oxygen atoms in total. The molecule has 1 aromatic carbocycles. The number of aliphatic imine (C=N–C) groups is 1. The first-order chi connectivity index (χ1) is 8.33. The lowest BCUT2D eigenvalue weighted by atomic mass is 10.1. The number of rotatable bonds is 2. The highest BCUT2D eigenvalue weighted by molar-refractivity contribution is 8.16. The molecule has 2 heterocycles. The van der Waals surface area contributed by atoms with Gasteiger partial charge in [-0.15, -0.1) is 23.5 Å². The number of phenolic OH excluding ortho intramolecular Hbond substituents is 1. The first-order valence-electron chi connectivity index (χ1n) is 5.68. The van der Waals surface area contributed by atoms with E-state index in [0.29, 0.717) is 5.75 Å². The molecule has 0 spiro atoms. The van der Waals surface area contributed by atoms with Crippen LogP contribution in [0.25, 0.3) is 0 Å². The highest BCUT2D eigenvalue weighted by atomic mass is 32.2. The largest absolute Gasteiger partial charge is 0.508 e. The molecule has 17 heavy (non-hydrogen) atoms. The summed E-state index contributed by atoms with van der Waals surface area (Å²) in [7, 11) is 0. The van der Waals surface area contributed by atoms with Crippen molar-refractivity contribution in [2.75, 3.05) is 24.6 Å². The van der Waals surface area contributed by atoms with Gasteiger partial charge >= 0.3 is 0 Å². The average molecular weight is 266 g/mol. The molecule has 1 fully saturated rings. The Bertz CT molecular complexity index is 456. The Kier molecular flexibility index (Phi) is 3.06. The molecule has 0 aliphatic carbocycles. The zero-order chi connectivity index (χ0) is 11.7. The predicted octanol–water partition coefficient (Wildman–Crippen LogP) is 2.03. The van der Waals surface area contributed by atoms with Gasteiger partial charge in [0.1, 0.15) is 15.7 Å². The van der Waals surface area contributed by atoms with E-state index in [0.717, 1.165) is 35.2 Å². The number of hydrogen-bond donors (Lipinski definition) is 2. The second-order valence-electron chi connectivity index (χ2n) is 4.01. The molecular weight excluding hydrogens is 252 g/mol. The van der Waals surface area contributed by atoms with E-state index in [1.54, 1.807) is 17.8 Å². The van der Waals surface area contributed by atoms with Gasteiger partial charge in [-0.1, -0.05) is 18.2 Å². The predicted molar refractivity (Wildman–Crippen MR) is 75.0 cm³/mol. The number of hydrogen-bond acceptors (Lipinski definition) is 5. The number of aromatic hydroxyl groups is 1. The molecule has 0 aromatic heterocycles. The first-order valence-corrected chi connectivity index (χ1v) is 7.65. The lowest BCUT2D eigenvalue weighted by molar-refractivity contribution is 0.460. The maximum Gasteiger partial charge on any atom is 0.143 e. The molecular formula is C12H14N2OS2. The third-order valence-corrected chi connectivity index (χ3v) is 5.59. The Morgan fingerprint density at radius 1 is 1.29 bits per heavy atom. The smallest absolute Gasteiger partial charge is 0.143 e. The first kappa shape index (κ1) is 11.4. The van der Waals surface area contributed by atoms with Gasteiger partial charge in [0, 0.05) is 30.2 Å². The Balaban J connectivity index is 2.08. The fourth-order valence-electron chi connectivity index (χ4n) is 2.23. The third-order valence-electron chi connectivity index (χ3n) is 2.96. The number of benzene rings is 1. The van der Waals surface area contributed by atoms with Crippen LogP contribution in [0.4, 0.5) is 0 Å². The molecule has 0 bridgehead atoms. The van der Waals surface area contributed by atoms with E-state index in [1.807, 2.05) is 30.0 Å². The molecule has 0 radical (unpaired) electrons. The molecule has 2 aliphatic rings. The molecule has 1 saturated heterocycles. The minimum absolute atomic E-state index is 0.313. The zero-order valence-corrected chi connectivity index (χ0v) is 11.0. The maximum absolute atomic E-state index is 10.1. The van der Waals surface area contributed by atoms with E-state index < -0.39 is 0 Å². The van der Waals surface area contributed by atoms with Crippen molar-refractivity contribution in [3.05, 3.63) is 29.8 Å². The van der Waals surface area contributed by atoms with Crippen LogP contribution in [0.15, 0.2) is 29.3 Å². The fraction of sp³-hybridized carbons (Fsp3) is 0.417. The number of thioether (sulfide) groups is 2. The van der Waals surface area contributed by atoms with Crippen molar-refractivity contribution in [1.29, 1.82) is 0 Å². The van der Waals surface area contributed by atoms with Crippen molar-refractivity contribution >= 4 is 28.6 Å². The van der Waals surface area contributed by atoms with Crippen LogP contribution in [0.1, 0.15) is 5.56 Å². The summed E-state index contributed by atoms with van der Waals surface area (Å²) < 4.78 is 0. The maximum atomic E-state index is 10.1. The van der Waals surface area contributed by atoms with Gasteiger partial charge in [-0.3, -0.25) is 10.3 Å². The summed E-state index contributed by atoms with van der Waals surface area (Å²) in [5.41, 5.74) is 0.940. The van der Waals surface area contributed by atoms with Gasteiger partial charge < -0.3 is 5.11 Å². The standard InChI is InChI=1S/C12H14N2OS2/c15-10-4-2-1-3-9(10)12(14-6-8-17-12)11-13-5-7-16-11/h1-4,14-15H,5-8H2. The molecule has 0 amide bonds. The minimum Gasteiger partial charge on any atom is -0.508 e. The normalized spacial score (nSPS) is 28.4. The molecule has 5 heteroatoms. The van der Waals surface area contributed by atoms with Gasteiger partial charge in [0.2, 0.25) is 0 Å². The SMILES string of the molecule is Oc1ccccc1C1(C2=NCCS2)NCCS1. The van der Waals surface area contributed by atoms with Crippen LogP contribution < -0.4 is 5.32 Å². The number of nitrogens with zero attached hydrogens (tertiary/aromatic N) is 1. The molecule has 1 atom stereocenters. The number of para-hydroxylation sites is 1. The summed E-state index contributed by atoms with van der Waals surface area (Å²) in [6.45, 7) is 1.84. The average Bonchev–Trinajstić information content (AvgIpc) is 3.01. The van der Waals surface area contributed by atoms with E-state index in [2.05, 4.69) is 10.3 Å². The van der Waals surface area contributed by atoms with Gasteiger partial charge in [-0.25, -0.2) is 0 Å². The van der Waals surface area contributed by atoms with Crippen LogP contribution in [0.3, 0.4) is 0 Å². The van der Waals surface area contributed by atoms with Crippen molar-refractivity contribution in [2.45, 2.75) is 4.87 Å². The van der Waals surface area contributed by atoms with Gasteiger partial charge in [-0.2, -0.15) is 0 Å². The van der Waals surface area contributed by atoms with Gasteiger partial charge in [0.05, 0.1) is 0 Å². The lowest BCUT2D eigenvalue weighted by Gasteiger charge is -2.29. The van der Waals surface area contributed by atoms with Crippen molar-refractivity contribution in [1.82, 2.24) is 5.32 Å². The van der Waals surface area contributed by atoms with Crippen molar-refractivity contribution in [2.24, 2.45) is 4.99 Å². The Labute approximate surface area is 109 Å². The summed E-state index contributed by atoms with van der Waals surface area (Å²) in [4.78, 5) is 4.28. The Morgan fingerprint density at radius 2 is 2.18 bits per heavy atom. The number of phenols is 1. The van der Waals surface area contributed by atoms with Crippen LogP contribution >= 0.6 is 23.5 Å². The lowest BCUT2D eigenvalue weighted by Crippen LogP contribution is -2.40. The quantitative estimate of drug-likeness (QED) is 0.859. The van der Waals surface area contributed by atoms with Crippen LogP contribution in [-0.4, -0.2) is 34.7 Å². The monoisotopic (exact) mass is 266 g/mol. The second-order valence-corrected chi connectivity index (χ2v) is 6.40. The second kappa shape index (κ2) is 4.55. The van der Waals surface area contributed by atoms with Crippen LogP contribution in [0, 0.1) is 0 Å². The molecule has 0 saturated carbocycles. The van der Waals surface area contributed by atoms with Gasteiger partial charge in [0.15, 0.2) is 0 Å². The van der Waals surface area contributed by atoms with E-state index >= 15 is 0 Å². The highest BCUT2D eigenvalue weighted by Crippen LogP contribution is 2.46. The Morgan fingerprint density at radius 3 is 2.82 bits per heavy atom. The van der Waals surface area contributed by atoms with E-state index in [9.17, 15) is 5.11 Å². The summed E-state index contributed by atoms with van der Waals surface area (Å²) >= 11 is 3.63. The fourth-order valence-corrected chi connectivity index (χ4v) is 4.76. The van der Waals surface area contributed by atoms with Crippen LogP contribution in [-0.2, 0) is 4.87 Å². The summed E-state index contributed by atoms with van der Waals surface area (Å²) in [5.74, 6) is 2.45. The van der Waals surface area contributed by atoms with Gasteiger partial charge in [0.25, 0.3) is 0 Å². The molecule has 3 rings (SSSR count).